The van der Waals surface area contributed by atoms with Gasteiger partial charge in [0.05, 0.1) is 10.2 Å². The fraction of sp³-hybridized carbons (Fsp3) is 0. The van der Waals surface area contributed by atoms with E-state index < -0.39 is 5.97 Å². The van der Waals surface area contributed by atoms with Crippen LogP contribution in [0.3, 0.4) is 0 Å². The zero-order chi connectivity index (χ0) is 10.8. The third kappa shape index (κ3) is 1.94. The van der Waals surface area contributed by atoms with E-state index in [9.17, 15) is 4.79 Å². The Kier molecular flexibility index (Phi) is 2.60. The number of nitrogens with zero attached hydrogens (tertiary/aromatic N) is 1. The monoisotopic (exact) mass is 265 g/mol. The number of aromatic nitrogens is 1. The highest BCUT2D eigenvalue weighted by Gasteiger charge is 2.05. The van der Waals surface area contributed by atoms with Crippen molar-refractivity contribution >= 4 is 21.9 Å². The molecule has 0 atom stereocenters. The number of halogens is 1. The Morgan fingerprint density at radius 3 is 2.67 bits per heavy atom. The first kappa shape index (κ1) is 9.98. The summed E-state index contributed by atoms with van der Waals surface area (Å²) in [6.07, 6.45) is 1.87. The average Bonchev–Trinajstić information content (AvgIpc) is 2.64. The van der Waals surface area contributed by atoms with Crippen molar-refractivity contribution in [1.29, 1.82) is 0 Å². The zero-order valence-electron chi connectivity index (χ0n) is 7.72. The molecule has 2 aromatic rings. The predicted molar refractivity (Wildman–Crippen MR) is 60.4 cm³/mol. The number of carboxylic acids is 1. The lowest BCUT2D eigenvalue weighted by atomic mass is 10.2. The Morgan fingerprint density at radius 1 is 1.27 bits per heavy atom. The summed E-state index contributed by atoms with van der Waals surface area (Å²) in [5, 5.41) is 8.86. The van der Waals surface area contributed by atoms with E-state index >= 15 is 0 Å². The van der Waals surface area contributed by atoms with Gasteiger partial charge in [-0.2, -0.15) is 0 Å². The molecule has 0 unspecified atom stereocenters. The molecule has 1 heterocycles. The summed E-state index contributed by atoms with van der Waals surface area (Å²) in [7, 11) is 0. The fourth-order valence-electron chi connectivity index (χ4n) is 1.36. The molecule has 0 saturated heterocycles. The number of rotatable bonds is 2. The molecule has 0 aliphatic carbocycles. The van der Waals surface area contributed by atoms with E-state index in [1.807, 2.05) is 29.0 Å². The average molecular weight is 266 g/mol. The van der Waals surface area contributed by atoms with Gasteiger partial charge in [0.2, 0.25) is 0 Å². The van der Waals surface area contributed by atoms with Crippen molar-refractivity contribution in [1.82, 2.24) is 4.57 Å². The highest BCUT2D eigenvalue weighted by Crippen LogP contribution is 2.18. The van der Waals surface area contributed by atoms with Gasteiger partial charge in [0.1, 0.15) is 0 Å². The molecule has 1 aromatic carbocycles. The van der Waals surface area contributed by atoms with Crippen LogP contribution in [0.1, 0.15) is 10.4 Å². The molecule has 0 fully saturated rings. The molecule has 3 nitrogen and oxygen atoms in total. The van der Waals surface area contributed by atoms with Gasteiger partial charge in [-0.1, -0.05) is 6.07 Å². The largest absolute Gasteiger partial charge is 0.478 e. The van der Waals surface area contributed by atoms with Crippen LogP contribution in [0.15, 0.2) is 47.2 Å². The van der Waals surface area contributed by atoms with Crippen LogP contribution in [0.5, 0.6) is 0 Å². The van der Waals surface area contributed by atoms with E-state index in [1.165, 1.54) is 0 Å². The molecule has 0 aliphatic rings. The Bertz CT molecular complexity index is 505. The van der Waals surface area contributed by atoms with Crippen molar-refractivity contribution in [2.45, 2.75) is 0 Å². The van der Waals surface area contributed by atoms with E-state index in [4.69, 9.17) is 5.11 Å². The molecule has 15 heavy (non-hydrogen) atoms. The molecular weight excluding hydrogens is 258 g/mol. The van der Waals surface area contributed by atoms with Gasteiger partial charge >= 0.3 is 5.97 Å². The quantitative estimate of drug-likeness (QED) is 0.908. The summed E-state index contributed by atoms with van der Waals surface area (Å²) < 4.78 is 2.76. The highest BCUT2D eigenvalue weighted by atomic mass is 79.9. The minimum atomic E-state index is -0.917. The van der Waals surface area contributed by atoms with Crippen molar-refractivity contribution in [3.8, 4) is 5.69 Å². The summed E-state index contributed by atoms with van der Waals surface area (Å²) in [6.45, 7) is 0. The van der Waals surface area contributed by atoms with E-state index in [0.29, 0.717) is 0 Å². The Morgan fingerprint density at radius 2 is 2.07 bits per heavy atom. The summed E-state index contributed by atoms with van der Waals surface area (Å²) >= 11 is 3.38. The Balaban J connectivity index is 2.50. The smallest absolute Gasteiger partial charge is 0.335 e. The molecule has 2 rings (SSSR count). The fourth-order valence-corrected chi connectivity index (χ4v) is 1.83. The highest BCUT2D eigenvalue weighted by molar-refractivity contribution is 9.10. The first-order chi connectivity index (χ1) is 7.18. The van der Waals surface area contributed by atoms with Gasteiger partial charge in [0.15, 0.2) is 0 Å². The molecule has 1 aromatic heterocycles. The summed E-state index contributed by atoms with van der Waals surface area (Å²) in [5.74, 6) is -0.917. The minimum absolute atomic E-state index is 0.285. The molecule has 4 heteroatoms. The van der Waals surface area contributed by atoms with Gasteiger partial charge in [0, 0.05) is 11.9 Å². The summed E-state index contributed by atoms with van der Waals surface area (Å²) in [5.41, 5.74) is 1.11. The first-order valence-corrected chi connectivity index (χ1v) is 5.14. The van der Waals surface area contributed by atoms with Crippen molar-refractivity contribution < 1.29 is 9.90 Å². The second kappa shape index (κ2) is 3.90. The lowest BCUT2D eigenvalue weighted by Crippen LogP contribution is -1.99. The number of carbonyl (C=O) groups is 1. The number of benzene rings is 1. The van der Waals surface area contributed by atoms with Gasteiger partial charge in [-0.25, -0.2) is 4.79 Å². The number of hydrogen-bond acceptors (Lipinski definition) is 1. The van der Waals surface area contributed by atoms with Gasteiger partial charge in [0.25, 0.3) is 0 Å². The maximum Gasteiger partial charge on any atom is 0.335 e. The number of carboxylic acid groups (broad SMARTS) is 1. The normalized spacial score (nSPS) is 10.2. The number of hydrogen-bond donors (Lipinski definition) is 1. The zero-order valence-corrected chi connectivity index (χ0v) is 9.31. The molecule has 1 N–H and O–H groups in total. The lowest BCUT2D eigenvalue weighted by molar-refractivity contribution is 0.0697. The molecule has 0 radical (unpaired) electrons. The van der Waals surface area contributed by atoms with Gasteiger partial charge in [-0.05, 0) is 46.3 Å². The van der Waals surface area contributed by atoms with E-state index in [-0.39, 0.29) is 5.56 Å². The molecule has 76 valence electrons. The third-order valence-corrected chi connectivity index (χ3v) is 2.72. The summed E-state index contributed by atoms with van der Waals surface area (Å²) in [4.78, 5) is 10.8. The van der Waals surface area contributed by atoms with Crippen LogP contribution >= 0.6 is 15.9 Å². The topological polar surface area (TPSA) is 42.2 Å². The Hall–Kier alpha value is -1.55. The van der Waals surface area contributed by atoms with Crippen molar-refractivity contribution in [3.05, 3.63) is 52.8 Å². The van der Waals surface area contributed by atoms with Crippen LogP contribution in [0, 0.1) is 0 Å². The van der Waals surface area contributed by atoms with Crippen LogP contribution in [0.25, 0.3) is 5.69 Å². The Labute approximate surface area is 95.1 Å². The van der Waals surface area contributed by atoms with Gasteiger partial charge in [-0.3, -0.25) is 0 Å². The van der Waals surface area contributed by atoms with E-state index in [0.717, 1.165) is 10.3 Å². The second-order valence-electron chi connectivity index (χ2n) is 3.06. The second-order valence-corrected chi connectivity index (χ2v) is 3.87. The third-order valence-electron chi connectivity index (χ3n) is 2.07. The molecular formula is C11H8BrNO2. The van der Waals surface area contributed by atoms with Crippen LogP contribution in [-0.2, 0) is 0 Å². The van der Waals surface area contributed by atoms with E-state index in [1.54, 1.807) is 18.2 Å². The lowest BCUT2D eigenvalue weighted by Gasteiger charge is -2.05. The maximum absolute atomic E-state index is 10.8. The van der Waals surface area contributed by atoms with Crippen molar-refractivity contribution in [2.75, 3.05) is 0 Å². The van der Waals surface area contributed by atoms with Gasteiger partial charge < -0.3 is 9.67 Å². The van der Waals surface area contributed by atoms with Crippen LogP contribution in [0.2, 0.25) is 0 Å². The minimum Gasteiger partial charge on any atom is -0.478 e. The molecule has 0 spiro atoms. The summed E-state index contributed by atoms with van der Waals surface area (Å²) in [6, 6.07) is 10.6. The first-order valence-electron chi connectivity index (χ1n) is 4.35. The van der Waals surface area contributed by atoms with Crippen LogP contribution in [0.4, 0.5) is 0 Å². The van der Waals surface area contributed by atoms with Crippen LogP contribution < -0.4 is 0 Å². The molecule has 0 aliphatic heterocycles. The van der Waals surface area contributed by atoms with Crippen LogP contribution in [-0.4, -0.2) is 15.6 Å². The molecule has 0 saturated carbocycles. The maximum atomic E-state index is 10.8. The molecule has 0 amide bonds. The standard InChI is InChI=1S/C11H8BrNO2/c12-10-5-2-6-13(10)9-4-1-3-8(7-9)11(14)15/h1-7H,(H,14,15). The SMILES string of the molecule is O=C(O)c1cccc(-n2cccc2Br)c1. The van der Waals surface area contributed by atoms with E-state index in [2.05, 4.69) is 15.9 Å². The van der Waals surface area contributed by atoms with Gasteiger partial charge in [-0.15, -0.1) is 0 Å². The van der Waals surface area contributed by atoms with Crippen molar-refractivity contribution in [2.24, 2.45) is 0 Å². The number of aromatic carboxylic acids is 1. The van der Waals surface area contributed by atoms with Crippen molar-refractivity contribution in [3.63, 3.8) is 0 Å². The predicted octanol–water partition coefficient (Wildman–Crippen LogP) is 2.94. The molecule has 0 bridgehead atoms.